The fraction of sp³-hybridized carbons (Fsp3) is 0.588. The Morgan fingerprint density at radius 2 is 1.70 bits per heavy atom. The number of esters is 1. The van der Waals surface area contributed by atoms with Crippen LogP contribution in [0.4, 0.5) is 0 Å². The SMILES string of the molecule is CC(C)C(OC(=O)[C@H]1C[C@H]1c1ccc(Cl)cc1)C(C)C. The Morgan fingerprint density at radius 1 is 1.15 bits per heavy atom. The number of halogens is 1. The summed E-state index contributed by atoms with van der Waals surface area (Å²) in [5.41, 5.74) is 1.18. The van der Waals surface area contributed by atoms with Crippen LogP contribution in [-0.4, -0.2) is 12.1 Å². The predicted octanol–water partition coefficient (Wildman–Crippen LogP) is 4.67. The van der Waals surface area contributed by atoms with E-state index >= 15 is 0 Å². The highest BCUT2D eigenvalue weighted by atomic mass is 35.5. The number of rotatable bonds is 5. The Labute approximate surface area is 126 Å². The van der Waals surface area contributed by atoms with E-state index in [2.05, 4.69) is 27.7 Å². The van der Waals surface area contributed by atoms with E-state index in [1.165, 1.54) is 5.56 Å². The fourth-order valence-electron chi connectivity index (χ4n) is 2.80. The third-order valence-electron chi connectivity index (χ3n) is 3.96. The highest BCUT2D eigenvalue weighted by Gasteiger charge is 2.46. The summed E-state index contributed by atoms with van der Waals surface area (Å²) < 4.78 is 5.71. The van der Waals surface area contributed by atoms with Gasteiger partial charge < -0.3 is 4.74 Å². The number of benzene rings is 1. The highest BCUT2D eigenvalue weighted by Crippen LogP contribution is 2.48. The minimum atomic E-state index is -0.0441. The fourth-order valence-corrected chi connectivity index (χ4v) is 2.92. The lowest BCUT2D eigenvalue weighted by Crippen LogP contribution is -2.29. The first-order chi connectivity index (χ1) is 9.40. The van der Waals surface area contributed by atoms with E-state index < -0.39 is 0 Å². The van der Waals surface area contributed by atoms with Gasteiger partial charge in [-0.25, -0.2) is 0 Å². The Kier molecular flexibility index (Phi) is 4.74. The predicted molar refractivity (Wildman–Crippen MR) is 81.9 cm³/mol. The van der Waals surface area contributed by atoms with Crippen LogP contribution in [0.25, 0.3) is 0 Å². The number of carbonyl (C=O) groups is 1. The summed E-state index contributed by atoms with van der Waals surface area (Å²) in [7, 11) is 0. The molecule has 0 aliphatic heterocycles. The van der Waals surface area contributed by atoms with Gasteiger partial charge in [0, 0.05) is 5.02 Å². The molecule has 110 valence electrons. The van der Waals surface area contributed by atoms with Crippen LogP contribution in [-0.2, 0) is 9.53 Å². The summed E-state index contributed by atoms with van der Waals surface area (Å²) in [5.74, 6) is 0.992. The molecule has 0 spiro atoms. The van der Waals surface area contributed by atoms with Crippen LogP contribution in [0.15, 0.2) is 24.3 Å². The van der Waals surface area contributed by atoms with Crippen molar-refractivity contribution in [2.24, 2.45) is 17.8 Å². The van der Waals surface area contributed by atoms with Crippen molar-refractivity contribution in [2.75, 3.05) is 0 Å². The van der Waals surface area contributed by atoms with Crippen molar-refractivity contribution < 1.29 is 9.53 Å². The first-order valence-corrected chi connectivity index (χ1v) is 7.74. The second-order valence-electron chi connectivity index (χ2n) is 6.39. The van der Waals surface area contributed by atoms with Gasteiger partial charge in [0.2, 0.25) is 0 Å². The molecule has 0 amide bonds. The van der Waals surface area contributed by atoms with Crippen LogP contribution in [0.2, 0.25) is 5.02 Å². The largest absolute Gasteiger partial charge is 0.462 e. The molecule has 0 bridgehead atoms. The molecule has 1 saturated carbocycles. The van der Waals surface area contributed by atoms with Crippen molar-refractivity contribution >= 4 is 17.6 Å². The van der Waals surface area contributed by atoms with Gasteiger partial charge in [-0.1, -0.05) is 51.4 Å². The Bertz CT molecular complexity index is 456. The van der Waals surface area contributed by atoms with Gasteiger partial charge in [-0.2, -0.15) is 0 Å². The molecule has 1 aromatic carbocycles. The van der Waals surface area contributed by atoms with Gasteiger partial charge in [0.15, 0.2) is 0 Å². The summed E-state index contributed by atoms with van der Waals surface area (Å²) in [6.45, 7) is 8.39. The third kappa shape index (κ3) is 3.54. The minimum Gasteiger partial charge on any atom is -0.462 e. The van der Waals surface area contributed by atoms with Gasteiger partial charge in [0.1, 0.15) is 6.10 Å². The molecule has 3 heteroatoms. The molecule has 0 saturated heterocycles. The zero-order valence-corrected chi connectivity index (χ0v) is 13.4. The monoisotopic (exact) mass is 294 g/mol. The summed E-state index contributed by atoms with van der Waals surface area (Å²) >= 11 is 5.88. The summed E-state index contributed by atoms with van der Waals surface area (Å²) in [6, 6.07) is 7.76. The third-order valence-corrected chi connectivity index (χ3v) is 4.21. The van der Waals surface area contributed by atoms with E-state index in [-0.39, 0.29) is 18.0 Å². The van der Waals surface area contributed by atoms with Crippen LogP contribution in [0.1, 0.15) is 45.6 Å². The van der Waals surface area contributed by atoms with E-state index in [1.807, 2.05) is 24.3 Å². The van der Waals surface area contributed by atoms with Crippen molar-refractivity contribution in [1.82, 2.24) is 0 Å². The molecule has 1 fully saturated rings. The highest BCUT2D eigenvalue weighted by molar-refractivity contribution is 6.30. The number of hydrogen-bond donors (Lipinski definition) is 0. The van der Waals surface area contributed by atoms with Crippen LogP contribution < -0.4 is 0 Å². The molecule has 0 aromatic heterocycles. The maximum atomic E-state index is 12.2. The molecule has 1 aliphatic carbocycles. The van der Waals surface area contributed by atoms with Crippen LogP contribution in [0.3, 0.4) is 0 Å². The first-order valence-electron chi connectivity index (χ1n) is 7.36. The molecular formula is C17H23ClO2. The molecular weight excluding hydrogens is 272 g/mol. The molecule has 0 heterocycles. The van der Waals surface area contributed by atoms with Crippen molar-refractivity contribution in [3.8, 4) is 0 Å². The zero-order chi connectivity index (χ0) is 14.9. The lowest BCUT2D eigenvalue weighted by atomic mass is 9.96. The second-order valence-corrected chi connectivity index (χ2v) is 6.83. The molecule has 0 N–H and O–H groups in total. The maximum Gasteiger partial charge on any atom is 0.309 e. The normalized spacial score (nSPS) is 21.6. The van der Waals surface area contributed by atoms with E-state index in [0.717, 1.165) is 11.4 Å². The molecule has 20 heavy (non-hydrogen) atoms. The molecule has 2 rings (SSSR count). The van der Waals surface area contributed by atoms with Crippen molar-refractivity contribution in [1.29, 1.82) is 0 Å². The van der Waals surface area contributed by atoms with Gasteiger partial charge in [0.25, 0.3) is 0 Å². The summed E-state index contributed by atoms with van der Waals surface area (Å²) in [6.07, 6.45) is 0.901. The molecule has 2 nitrogen and oxygen atoms in total. The van der Waals surface area contributed by atoms with Crippen molar-refractivity contribution in [3.63, 3.8) is 0 Å². The molecule has 0 radical (unpaired) electrons. The number of ether oxygens (including phenoxy) is 1. The average molecular weight is 295 g/mol. The minimum absolute atomic E-state index is 0.00830. The van der Waals surface area contributed by atoms with Crippen molar-refractivity contribution in [3.05, 3.63) is 34.9 Å². The standard InChI is InChI=1S/C17H23ClO2/c1-10(2)16(11(3)4)20-17(19)15-9-14(15)12-5-7-13(18)8-6-12/h5-8,10-11,14-16H,9H2,1-4H3/t14-,15-/m0/s1. The number of carbonyl (C=O) groups excluding carboxylic acids is 1. The maximum absolute atomic E-state index is 12.2. The van der Waals surface area contributed by atoms with Gasteiger partial charge in [-0.15, -0.1) is 0 Å². The lowest BCUT2D eigenvalue weighted by molar-refractivity contribution is -0.155. The van der Waals surface area contributed by atoms with Gasteiger partial charge in [-0.3, -0.25) is 4.79 Å². The second kappa shape index (κ2) is 6.17. The molecule has 1 aromatic rings. The summed E-state index contributed by atoms with van der Waals surface area (Å²) in [4.78, 5) is 12.2. The quantitative estimate of drug-likeness (QED) is 0.738. The average Bonchev–Trinajstić information content (AvgIpc) is 3.16. The first kappa shape index (κ1) is 15.4. The van der Waals surface area contributed by atoms with E-state index in [1.54, 1.807) is 0 Å². The number of hydrogen-bond acceptors (Lipinski definition) is 2. The Hall–Kier alpha value is -1.02. The molecule has 2 atom stereocenters. The summed E-state index contributed by atoms with van der Waals surface area (Å²) in [5, 5.41) is 0.730. The Balaban J connectivity index is 1.94. The van der Waals surface area contributed by atoms with E-state index in [0.29, 0.717) is 17.8 Å². The van der Waals surface area contributed by atoms with Crippen molar-refractivity contribution in [2.45, 2.75) is 46.1 Å². The van der Waals surface area contributed by atoms with Gasteiger partial charge >= 0.3 is 5.97 Å². The van der Waals surface area contributed by atoms with Gasteiger partial charge in [0.05, 0.1) is 5.92 Å². The lowest BCUT2D eigenvalue weighted by Gasteiger charge is -2.25. The van der Waals surface area contributed by atoms with E-state index in [4.69, 9.17) is 16.3 Å². The molecule has 0 unspecified atom stereocenters. The topological polar surface area (TPSA) is 26.3 Å². The smallest absolute Gasteiger partial charge is 0.309 e. The zero-order valence-electron chi connectivity index (χ0n) is 12.6. The van der Waals surface area contributed by atoms with Crippen LogP contribution >= 0.6 is 11.6 Å². The molecule has 1 aliphatic rings. The van der Waals surface area contributed by atoms with E-state index in [9.17, 15) is 4.79 Å². The van der Waals surface area contributed by atoms with Gasteiger partial charge in [-0.05, 0) is 41.9 Å². The van der Waals surface area contributed by atoms with Crippen LogP contribution in [0, 0.1) is 17.8 Å². The Morgan fingerprint density at radius 3 is 2.20 bits per heavy atom. The van der Waals surface area contributed by atoms with Crippen LogP contribution in [0.5, 0.6) is 0 Å².